The summed E-state index contributed by atoms with van der Waals surface area (Å²) in [5.74, 6) is -0.204. The van der Waals surface area contributed by atoms with E-state index in [2.05, 4.69) is 0 Å². The van der Waals surface area contributed by atoms with Crippen LogP contribution in [0.3, 0.4) is 0 Å². The van der Waals surface area contributed by atoms with E-state index in [0.29, 0.717) is 12.0 Å². The molecule has 1 aliphatic carbocycles. The van der Waals surface area contributed by atoms with Crippen molar-refractivity contribution in [1.29, 1.82) is 0 Å². The maximum atomic E-state index is 13.9. The number of ketones is 1. The highest BCUT2D eigenvalue weighted by Crippen LogP contribution is 2.33. The van der Waals surface area contributed by atoms with Crippen LogP contribution in [-0.2, 0) is 4.79 Å². The lowest BCUT2D eigenvalue weighted by atomic mass is 9.80. The molecule has 1 aromatic carbocycles. The first-order valence-corrected chi connectivity index (χ1v) is 5.89. The number of hydrogen-bond acceptors (Lipinski definition) is 1. The van der Waals surface area contributed by atoms with Gasteiger partial charge in [0, 0.05) is 17.9 Å². The number of carbonyl (C=O) groups excluding carboxylic acids is 1. The van der Waals surface area contributed by atoms with Gasteiger partial charge in [0.25, 0.3) is 0 Å². The fourth-order valence-corrected chi connectivity index (χ4v) is 2.66. The first-order valence-electron chi connectivity index (χ1n) is 5.89. The summed E-state index contributed by atoms with van der Waals surface area (Å²) >= 11 is 0. The summed E-state index contributed by atoms with van der Waals surface area (Å²) in [5, 5.41) is 0. The smallest absolute Gasteiger partial charge is 0.140 e. The highest BCUT2D eigenvalue weighted by molar-refractivity contribution is 5.86. The monoisotopic (exact) mass is 220 g/mol. The Kier molecular flexibility index (Phi) is 3.08. The molecule has 0 bridgehead atoms. The average Bonchev–Trinajstić information content (AvgIpc) is 2.19. The van der Waals surface area contributed by atoms with E-state index in [1.165, 1.54) is 6.07 Å². The van der Waals surface area contributed by atoms with Gasteiger partial charge in [-0.25, -0.2) is 4.39 Å². The minimum Gasteiger partial charge on any atom is -0.299 e. The van der Waals surface area contributed by atoms with Crippen molar-refractivity contribution in [2.24, 2.45) is 0 Å². The molecule has 0 spiro atoms. The summed E-state index contributed by atoms with van der Waals surface area (Å²) < 4.78 is 13.9. The number of aryl methyl sites for hydroxylation is 2. The molecule has 86 valence electrons. The van der Waals surface area contributed by atoms with E-state index in [-0.39, 0.29) is 17.5 Å². The van der Waals surface area contributed by atoms with E-state index in [9.17, 15) is 9.18 Å². The fraction of sp³-hybridized carbons (Fsp3) is 0.500. The van der Waals surface area contributed by atoms with Crippen LogP contribution < -0.4 is 0 Å². The molecule has 0 N–H and O–H groups in total. The Morgan fingerprint density at radius 3 is 2.62 bits per heavy atom. The van der Waals surface area contributed by atoms with Gasteiger partial charge in [-0.2, -0.15) is 0 Å². The van der Waals surface area contributed by atoms with E-state index >= 15 is 0 Å². The molecule has 0 radical (unpaired) electrons. The zero-order valence-electron chi connectivity index (χ0n) is 9.85. The van der Waals surface area contributed by atoms with Crippen LogP contribution in [0.2, 0.25) is 0 Å². The van der Waals surface area contributed by atoms with E-state index in [1.54, 1.807) is 0 Å². The zero-order valence-corrected chi connectivity index (χ0v) is 9.85. The first kappa shape index (κ1) is 11.3. The minimum absolute atomic E-state index is 0.200. The van der Waals surface area contributed by atoms with Crippen LogP contribution in [0.25, 0.3) is 0 Å². The molecule has 1 atom stereocenters. The van der Waals surface area contributed by atoms with Gasteiger partial charge < -0.3 is 0 Å². The van der Waals surface area contributed by atoms with Crippen LogP contribution in [0.4, 0.5) is 4.39 Å². The number of Topliss-reactive ketones (excluding diaryl/α,β-unsaturated/α-hetero) is 1. The van der Waals surface area contributed by atoms with Gasteiger partial charge >= 0.3 is 0 Å². The summed E-state index contributed by atoms with van der Waals surface area (Å²) in [5.41, 5.74) is 2.47. The first-order chi connectivity index (χ1) is 7.59. The van der Waals surface area contributed by atoms with Crippen molar-refractivity contribution in [3.8, 4) is 0 Å². The topological polar surface area (TPSA) is 17.1 Å². The number of carbonyl (C=O) groups is 1. The third-order valence-corrected chi connectivity index (χ3v) is 3.38. The van der Waals surface area contributed by atoms with E-state index in [1.807, 2.05) is 19.9 Å². The number of halogens is 1. The predicted molar refractivity (Wildman–Crippen MR) is 62.1 cm³/mol. The molecule has 1 unspecified atom stereocenters. The van der Waals surface area contributed by atoms with Crippen molar-refractivity contribution in [2.45, 2.75) is 45.4 Å². The van der Waals surface area contributed by atoms with Gasteiger partial charge in [0.2, 0.25) is 0 Å². The summed E-state index contributed by atoms with van der Waals surface area (Å²) in [4.78, 5) is 11.8. The molecule has 2 rings (SSSR count). The number of rotatable bonds is 1. The van der Waals surface area contributed by atoms with Crippen molar-refractivity contribution in [3.63, 3.8) is 0 Å². The van der Waals surface area contributed by atoms with Gasteiger partial charge in [-0.05, 0) is 43.9 Å². The maximum Gasteiger partial charge on any atom is 0.140 e. The molecule has 0 aliphatic heterocycles. The molecule has 1 aromatic rings. The zero-order chi connectivity index (χ0) is 11.7. The van der Waals surface area contributed by atoms with Crippen LogP contribution in [0, 0.1) is 19.7 Å². The largest absolute Gasteiger partial charge is 0.299 e. The third-order valence-electron chi connectivity index (χ3n) is 3.38. The Balaban J connectivity index is 2.42. The second-order valence-electron chi connectivity index (χ2n) is 4.74. The van der Waals surface area contributed by atoms with Gasteiger partial charge in [0.1, 0.15) is 11.6 Å². The molecular weight excluding hydrogens is 203 g/mol. The second-order valence-corrected chi connectivity index (χ2v) is 4.74. The standard InChI is InChI=1S/C14H17FO/c1-9-7-10(2)14(12(15)8-9)11-5-3-4-6-13(11)16/h7-8,11H,3-6H2,1-2H3. The van der Waals surface area contributed by atoms with Gasteiger partial charge in [-0.3, -0.25) is 4.79 Å². The van der Waals surface area contributed by atoms with Crippen LogP contribution in [-0.4, -0.2) is 5.78 Å². The van der Waals surface area contributed by atoms with Gasteiger partial charge in [-0.1, -0.05) is 12.5 Å². The molecule has 1 aliphatic rings. The summed E-state index contributed by atoms with van der Waals surface area (Å²) in [6.45, 7) is 3.77. The van der Waals surface area contributed by atoms with Crippen molar-refractivity contribution in [3.05, 3.63) is 34.6 Å². The van der Waals surface area contributed by atoms with Crippen LogP contribution in [0.15, 0.2) is 12.1 Å². The Bertz CT molecular complexity index is 400. The Hall–Kier alpha value is -1.18. The van der Waals surface area contributed by atoms with Crippen molar-refractivity contribution in [1.82, 2.24) is 0 Å². The Morgan fingerprint density at radius 2 is 2.00 bits per heavy atom. The molecule has 2 heteroatoms. The maximum absolute atomic E-state index is 13.9. The summed E-state index contributed by atoms with van der Waals surface area (Å²) in [7, 11) is 0. The van der Waals surface area contributed by atoms with Crippen molar-refractivity contribution >= 4 is 5.78 Å². The lowest BCUT2D eigenvalue weighted by molar-refractivity contribution is -0.121. The normalized spacial score (nSPS) is 21.2. The molecule has 1 fully saturated rings. The molecular formula is C14H17FO. The molecule has 1 saturated carbocycles. The van der Waals surface area contributed by atoms with E-state index < -0.39 is 0 Å². The average molecular weight is 220 g/mol. The molecule has 0 heterocycles. The predicted octanol–water partition coefficient (Wildman–Crippen LogP) is 3.67. The second kappa shape index (κ2) is 4.36. The van der Waals surface area contributed by atoms with Crippen LogP contribution in [0.5, 0.6) is 0 Å². The summed E-state index contributed by atoms with van der Waals surface area (Å²) in [6, 6.07) is 3.49. The van der Waals surface area contributed by atoms with Crippen molar-refractivity contribution in [2.75, 3.05) is 0 Å². The lowest BCUT2D eigenvalue weighted by Gasteiger charge is -2.23. The molecule has 1 nitrogen and oxygen atoms in total. The van der Waals surface area contributed by atoms with Gasteiger partial charge in [0.15, 0.2) is 0 Å². The Labute approximate surface area is 95.7 Å². The van der Waals surface area contributed by atoms with Crippen LogP contribution >= 0.6 is 0 Å². The highest BCUT2D eigenvalue weighted by atomic mass is 19.1. The van der Waals surface area contributed by atoms with Gasteiger partial charge in [-0.15, -0.1) is 0 Å². The minimum atomic E-state index is -0.210. The molecule has 0 saturated heterocycles. The van der Waals surface area contributed by atoms with E-state index in [4.69, 9.17) is 0 Å². The van der Waals surface area contributed by atoms with Gasteiger partial charge in [0.05, 0.1) is 0 Å². The SMILES string of the molecule is Cc1cc(C)c(C2CCCCC2=O)c(F)c1. The fourth-order valence-electron chi connectivity index (χ4n) is 2.66. The lowest BCUT2D eigenvalue weighted by Crippen LogP contribution is -2.19. The Morgan fingerprint density at radius 1 is 1.25 bits per heavy atom. The quantitative estimate of drug-likeness (QED) is 0.705. The molecule has 0 amide bonds. The molecule has 0 aromatic heterocycles. The van der Waals surface area contributed by atoms with E-state index in [0.717, 1.165) is 30.4 Å². The van der Waals surface area contributed by atoms with Crippen molar-refractivity contribution < 1.29 is 9.18 Å². The molecule has 16 heavy (non-hydrogen) atoms. The summed E-state index contributed by atoms with van der Waals surface area (Å²) in [6.07, 6.45) is 3.40. The number of benzene rings is 1. The third kappa shape index (κ3) is 2.01. The highest BCUT2D eigenvalue weighted by Gasteiger charge is 2.27. The van der Waals surface area contributed by atoms with Crippen LogP contribution in [0.1, 0.15) is 48.3 Å². The number of hydrogen-bond donors (Lipinski definition) is 0.